The maximum Gasteiger partial charge on any atom is 0.490 e. The third-order valence-electron chi connectivity index (χ3n) is 6.94. The van der Waals surface area contributed by atoms with Gasteiger partial charge in [0, 0.05) is 43.2 Å². The summed E-state index contributed by atoms with van der Waals surface area (Å²) in [4.78, 5) is 33.0. The van der Waals surface area contributed by atoms with Gasteiger partial charge in [0.25, 0.3) is 5.91 Å². The number of hydrogen-bond acceptors (Lipinski definition) is 9. The minimum atomic E-state index is -5.08. The van der Waals surface area contributed by atoms with Gasteiger partial charge in [-0.05, 0) is 24.1 Å². The van der Waals surface area contributed by atoms with Gasteiger partial charge in [-0.25, -0.2) is 23.1 Å². The van der Waals surface area contributed by atoms with Gasteiger partial charge >= 0.3 is 24.3 Å². The van der Waals surface area contributed by atoms with Crippen molar-refractivity contribution in [3.05, 3.63) is 41.0 Å². The Kier molecular flexibility index (Phi) is 9.58. The first-order valence-corrected chi connectivity index (χ1v) is 13.8. The van der Waals surface area contributed by atoms with Crippen LogP contribution >= 0.6 is 11.3 Å². The van der Waals surface area contributed by atoms with Crippen LogP contribution in [0, 0.1) is 23.0 Å². The number of nitrogens with zero attached hydrogens (tertiary/aromatic N) is 5. The van der Waals surface area contributed by atoms with E-state index in [0.29, 0.717) is 43.7 Å². The van der Waals surface area contributed by atoms with E-state index in [1.807, 2.05) is 6.07 Å². The number of thiophene rings is 1. The van der Waals surface area contributed by atoms with Crippen LogP contribution < -0.4 is 11.1 Å². The summed E-state index contributed by atoms with van der Waals surface area (Å²) in [7, 11) is 0. The molecule has 0 bridgehead atoms. The molecule has 1 atom stereocenters. The molecular formula is C26H19F8N7O5S. The van der Waals surface area contributed by atoms with Crippen LogP contribution in [0.1, 0.15) is 22.3 Å². The Morgan fingerprint density at radius 1 is 1.04 bits per heavy atom. The highest BCUT2D eigenvalue weighted by atomic mass is 32.1. The van der Waals surface area contributed by atoms with Gasteiger partial charge in [0.15, 0.2) is 0 Å². The van der Waals surface area contributed by atoms with E-state index in [9.17, 15) is 40.8 Å². The first-order valence-electron chi connectivity index (χ1n) is 13.0. The van der Waals surface area contributed by atoms with Crippen LogP contribution in [-0.2, 0) is 16.1 Å². The SMILES string of the molecule is N#Cc1c(N)sc2c(F)ccc(-c3c(F)cc4c5c3nnn5CC[C@H]3CNCCN3C4=O)c12.O=C(O)C(F)(F)F.O=C(O)C(F)(F)F. The summed E-state index contributed by atoms with van der Waals surface area (Å²) in [5.41, 5.74) is 7.26. The highest BCUT2D eigenvalue weighted by molar-refractivity contribution is 7.23. The standard InChI is InChI=1S/C22H17F2N7OS.2C2HF3O2/c23-14-2-1-11(16-13(8-25)21(26)33-20(14)16)17-15(24)7-12-19-18(17)28-29-31(19)5-3-10-9-27-4-6-30(10)22(12)32;2*3-2(4,5)1(6)7/h1-2,7,10,27H,3-6,9,26H2;2*(H,6,7)/t10-;;/m0../s1. The molecule has 21 heteroatoms. The van der Waals surface area contributed by atoms with Crippen molar-refractivity contribution in [2.75, 3.05) is 25.4 Å². The predicted molar refractivity (Wildman–Crippen MR) is 147 cm³/mol. The number of aromatic nitrogens is 3. The number of benzene rings is 2. The van der Waals surface area contributed by atoms with Gasteiger partial charge in [-0.15, -0.1) is 16.4 Å². The molecule has 6 rings (SSSR count). The number of nitrogens with one attached hydrogen (secondary N) is 1. The number of hydrogen-bond donors (Lipinski definition) is 4. The number of aryl methyl sites for hydroxylation is 1. The number of halogens is 8. The maximum atomic E-state index is 15.7. The van der Waals surface area contributed by atoms with Gasteiger partial charge in [-0.1, -0.05) is 11.3 Å². The zero-order chi connectivity index (χ0) is 35.0. The third kappa shape index (κ3) is 6.87. The summed E-state index contributed by atoms with van der Waals surface area (Å²) in [5, 5.41) is 36.0. The minimum absolute atomic E-state index is 0.00919. The predicted octanol–water partition coefficient (Wildman–Crippen LogP) is 4.13. The molecule has 1 saturated heterocycles. The van der Waals surface area contributed by atoms with E-state index in [1.165, 1.54) is 18.2 Å². The van der Waals surface area contributed by atoms with Crippen molar-refractivity contribution in [2.24, 2.45) is 0 Å². The number of carboxylic acids is 2. The molecule has 12 nitrogen and oxygen atoms in total. The topological polar surface area (TPSA) is 187 Å². The van der Waals surface area contributed by atoms with Crippen LogP contribution in [0.3, 0.4) is 0 Å². The second kappa shape index (κ2) is 13.0. The molecule has 4 aromatic rings. The lowest BCUT2D eigenvalue weighted by Crippen LogP contribution is -2.54. The number of nitriles is 1. The van der Waals surface area contributed by atoms with Crippen LogP contribution in [0.2, 0.25) is 0 Å². The fourth-order valence-corrected chi connectivity index (χ4v) is 5.87. The van der Waals surface area contributed by atoms with Crippen molar-refractivity contribution in [1.82, 2.24) is 25.2 Å². The van der Waals surface area contributed by atoms with Crippen LogP contribution in [0.4, 0.5) is 40.1 Å². The number of aliphatic carboxylic acids is 2. The summed E-state index contributed by atoms with van der Waals surface area (Å²) in [6.07, 6.45) is -9.48. The fourth-order valence-electron chi connectivity index (χ4n) is 4.93. The Balaban J connectivity index is 0.000000301. The number of rotatable bonds is 1. The molecule has 0 spiro atoms. The Morgan fingerprint density at radius 2 is 1.66 bits per heavy atom. The maximum absolute atomic E-state index is 15.7. The second-order valence-corrected chi connectivity index (χ2v) is 10.8. The first kappa shape index (κ1) is 34.8. The number of nitrogen functional groups attached to an aromatic ring is 1. The van der Waals surface area contributed by atoms with E-state index < -0.39 is 35.9 Å². The van der Waals surface area contributed by atoms with Gasteiger partial charge in [-0.2, -0.15) is 31.6 Å². The van der Waals surface area contributed by atoms with Gasteiger partial charge in [0.2, 0.25) is 0 Å². The van der Waals surface area contributed by atoms with Crippen molar-refractivity contribution in [1.29, 1.82) is 5.26 Å². The summed E-state index contributed by atoms with van der Waals surface area (Å²) in [5.74, 6) is -7.01. The smallest absolute Gasteiger partial charge is 0.475 e. The van der Waals surface area contributed by atoms with Gasteiger partial charge in [-0.3, -0.25) is 4.79 Å². The third-order valence-corrected chi connectivity index (χ3v) is 7.96. The van der Waals surface area contributed by atoms with E-state index in [2.05, 4.69) is 15.6 Å². The molecule has 0 radical (unpaired) electrons. The number of carboxylic acid groups (broad SMARTS) is 2. The molecule has 0 unspecified atom stereocenters. The van der Waals surface area contributed by atoms with Crippen LogP contribution in [-0.4, -0.2) is 86.0 Å². The first-order chi connectivity index (χ1) is 21.9. The van der Waals surface area contributed by atoms with E-state index in [4.69, 9.17) is 25.5 Å². The van der Waals surface area contributed by atoms with E-state index in [-0.39, 0.29) is 49.2 Å². The van der Waals surface area contributed by atoms with Gasteiger partial charge < -0.3 is 26.2 Å². The molecule has 5 N–H and O–H groups in total. The number of nitrogens with two attached hydrogens (primary N) is 1. The molecule has 47 heavy (non-hydrogen) atoms. The lowest BCUT2D eigenvalue weighted by atomic mass is 9.94. The summed E-state index contributed by atoms with van der Waals surface area (Å²) in [6.45, 7) is 2.39. The van der Waals surface area contributed by atoms with Crippen LogP contribution in [0.5, 0.6) is 0 Å². The molecular weight excluding hydrogens is 674 g/mol. The summed E-state index contributed by atoms with van der Waals surface area (Å²) < 4.78 is 95.5. The van der Waals surface area contributed by atoms with E-state index in [0.717, 1.165) is 11.3 Å². The number of amides is 1. The van der Waals surface area contributed by atoms with E-state index in [1.54, 1.807) is 9.58 Å². The molecule has 2 aliphatic rings. The van der Waals surface area contributed by atoms with Crippen molar-refractivity contribution >= 4 is 55.3 Å². The summed E-state index contributed by atoms with van der Waals surface area (Å²) in [6, 6.07) is 5.85. The average Bonchev–Trinajstić information content (AvgIpc) is 3.56. The highest BCUT2D eigenvalue weighted by Gasteiger charge is 2.39. The number of carbonyl (C=O) groups is 3. The van der Waals surface area contributed by atoms with Crippen molar-refractivity contribution in [3.63, 3.8) is 0 Å². The zero-order valence-corrected chi connectivity index (χ0v) is 24.0. The number of anilines is 1. The van der Waals surface area contributed by atoms with Gasteiger partial charge in [0.1, 0.15) is 33.7 Å². The monoisotopic (exact) mass is 693 g/mol. The highest BCUT2D eigenvalue weighted by Crippen LogP contribution is 2.44. The molecule has 1 fully saturated rings. The largest absolute Gasteiger partial charge is 0.490 e. The quantitative estimate of drug-likeness (QED) is 0.211. The number of alkyl halides is 6. The van der Waals surface area contributed by atoms with Gasteiger partial charge in [0.05, 0.1) is 15.8 Å². The zero-order valence-electron chi connectivity index (χ0n) is 23.2. The normalized spacial score (nSPS) is 16.2. The average molecular weight is 694 g/mol. The molecule has 0 aliphatic carbocycles. The lowest BCUT2D eigenvalue weighted by Gasteiger charge is -2.37. The molecule has 2 aliphatic heterocycles. The van der Waals surface area contributed by atoms with Crippen LogP contribution in [0.15, 0.2) is 18.2 Å². The Labute approximate surface area is 260 Å². The van der Waals surface area contributed by atoms with Crippen molar-refractivity contribution < 1.29 is 59.7 Å². The number of piperazine rings is 1. The van der Waals surface area contributed by atoms with E-state index >= 15 is 4.39 Å². The molecule has 2 aromatic heterocycles. The number of carbonyl (C=O) groups excluding carboxylic acids is 1. The minimum Gasteiger partial charge on any atom is -0.475 e. The lowest BCUT2D eigenvalue weighted by molar-refractivity contribution is -0.193. The van der Waals surface area contributed by atoms with Crippen LogP contribution in [0.25, 0.3) is 32.2 Å². The Morgan fingerprint density at radius 3 is 2.23 bits per heavy atom. The number of fused-ring (bicyclic) bond motifs is 2. The Bertz CT molecular complexity index is 1910. The molecule has 0 saturated carbocycles. The van der Waals surface area contributed by atoms with Crippen molar-refractivity contribution in [3.8, 4) is 17.2 Å². The van der Waals surface area contributed by atoms with Crippen molar-refractivity contribution in [2.45, 2.75) is 31.4 Å². The molecule has 4 heterocycles. The molecule has 1 amide bonds. The Hall–Kier alpha value is -5.10. The molecule has 250 valence electrons. The molecule has 2 aromatic carbocycles. The second-order valence-electron chi connectivity index (χ2n) is 9.79. The summed E-state index contributed by atoms with van der Waals surface area (Å²) >= 11 is 0.943. The fraction of sp³-hybridized carbons (Fsp3) is 0.308.